The standard InChI is InChI=1S/C15H21FN2O/c1-11-7-4-3-5-10-18(11)15(19)12-8-6-9-13(16)14(12)17-2/h6,8-9,11,17H,3-5,7,10H2,1-2H3. The molecule has 1 aliphatic heterocycles. The molecule has 1 fully saturated rings. The zero-order chi connectivity index (χ0) is 13.8. The van der Waals surface area contributed by atoms with Gasteiger partial charge in [-0.1, -0.05) is 18.9 Å². The molecule has 104 valence electrons. The van der Waals surface area contributed by atoms with Crippen LogP contribution >= 0.6 is 0 Å². The smallest absolute Gasteiger partial charge is 0.256 e. The fourth-order valence-corrected chi connectivity index (χ4v) is 2.69. The molecule has 0 spiro atoms. The number of amides is 1. The van der Waals surface area contributed by atoms with E-state index < -0.39 is 0 Å². The molecule has 1 unspecified atom stereocenters. The van der Waals surface area contributed by atoms with E-state index in [9.17, 15) is 9.18 Å². The lowest BCUT2D eigenvalue weighted by Crippen LogP contribution is -2.38. The van der Waals surface area contributed by atoms with Gasteiger partial charge in [0.2, 0.25) is 0 Å². The van der Waals surface area contributed by atoms with Crippen LogP contribution in [0.25, 0.3) is 0 Å². The molecule has 0 aromatic heterocycles. The highest BCUT2D eigenvalue weighted by Gasteiger charge is 2.25. The van der Waals surface area contributed by atoms with Gasteiger partial charge in [-0.15, -0.1) is 0 Å². The molecule has 1 heterocycles. The van der Waals surface area contributed by atoms with Crippen LogP contribution in [-0.2, 0) is 0 Å². The Morgan fingerprint density at radius 1 is 1.37 bits per heavy atom. The average Bonchev–Trinajstić information content (AvgIpc) is 2.62. The Morgan fingerprint density at radius 2 is 2.16 bits per heavy atom. The summed E-state index contributed by atoms with van der Waals surface area (Å²) in [6, 6.07) is 4.87. The Morgan fingerprint density at radius 3 is 2.89 bits per heavy atom. The molecule has 1 aromatic rings. The van der Waals surface area contributed by atoms with Crippen molar-refractivity contribution in [2.75, 3.05) is 18.9 Å². The molecule has 1 saturated heterocycles. The SMILES string of the molecule is CNc1c(F)cccc1C(=O)N1CCCCCC1C. The first-order valence-electron chi connectivity index (χ1n) is 6.92. The van der Waals surface area contributed by atoms with Crippen molar-refractivity contribution in [2.45, 2.75) is 38.6 Å². The third-order valence-electron chi connectivity index (χ3n) is 3.81. The van der Waals surface area contributed by atoms with E-state index in [1.54, 1.807) is 19.2 Å². The van der Waals surface area contributed by atoms with Crippen LogP contribution in [0.3, 0.4) is 0 Å². The van der Waals surface area contributed by atoms with Crippen LogP contribution in [0.15, 0.2) is 18.2 Å². The molecule has 2 rings (SSSR count). The fraction of sp³-hybridized carbons (Fsp3) is 0.533. The Hall–Kier alpha value is -1.58. The Labute approximate surface area is 113 Å². The molecule has 1 aliphatic rings. The van der Waals surface area contributed by atoms with Crippen LogP contribution in [0.5, 0.6) is 0 Å². The summed E-state index contributed by atoms with van der Waals surface area (Å²) in [5, 5.41) is 2.79. The van der Waals surface area contributed by atoms with Crippen molar-refractivity contribution in [3.8, 4) is 0 Å². The molecule has 1 amide bonds. The van der Waals surface area contributed by atoms with Crippen molar-refractivity contribution in [1.29, 1.82) is 0 Å². The van der Waals surface area contributed by atoms with Gasteiger partial charge in [0, 0.05) is 19.6 Å². The summed E-state index contributed by atoms with van der Waals surface area (Å²) in [5.41, 5.74) is 0.722. The molecule has 1 atom stereocenters. The number of para-hydroxylation sites is 1. The largest absolute Gasteiger partial charge is 0.385 e. The first kappa shape index (κ1) is 13.8. The van der Waals surface area contributed by atoms with Crippen LogP contribution in [-0.4, -0.2) is 30.4 Å². The van der Waals surface area contributed by atoms with Crippen molar-refractivity contribution < 1.29 is 9.18 Å². The molecule has 0 radical (unpaired) electrons. The van der Waals surface area contributed by atoms with E-state index in [0.717, 1.165) is 32.2 Å². The van der Waals surface area contributed by atoms with Gasteiger partial charge < -0.3 is 10.2 Å². The molecular formula is C15H21FN2O. The van der Waals surface area contributed by atoms with Crippen molar-refractivity contribution in [3.05, 3.63) is 29.6 Å². The van der Waals surface area contributed by atoms with E-state index in [0.29, 0.717) is 11.3 Å². The zero-order valence-electron chi connectivity index (χ0n) is 11.6. The van der Waals surface area contributed by atoms with Crippen LogP contribution in [0.4, 0.5) is 10.1 Å². The van der Waals surface area contributed by atoms with E-state index in [2.05, 4.69) is 12.2 Å². The maximum Gasteiger partial charge on any atom is 0.256 e. The summed E-state index contributed by atoms with van der Waals surface area (Å²) < 4.78 is 13.7. The summed E-state index contributed by atoms with van der Waals surface area (Å²) in [7, 11) is 1.64. The summed E-state index contributed by atoms with van der Waals surface area (Å²) >= 11 is 0. The van der Waals surface area contributed by atoms with Crippen molar-refractivity contribution in [1.82, 2.24) is 4.90 Å². The minimum Gasteiger partial charge on any atom is -0.385 e. The number of carbonyl (C=O) groups is 1. The molecule has 0 saturated carbocycles. The van der Waals surface area contributed by atoms with Crippen molar-refractivity contribution >= 4 is 11.6 Å². The van der Waals surface area contributed by atoms with Gasteiger partial charge in [-0.05, 0) is 31.9 Å². The number of hydrogen-bond donors (Lipinski definition) is 1. The minimum atomic E-state index is -0.379. The highest BCUT2D eigenvalue weighted by Crippen LogP contribution is 2.24. The van der Waals surface area contributed by atoms with Crippen molar-refractivity contribution in [3.63, 3.8) is 0 Å². The van der Waals surface area contributed by atoms with Crippen LogP contribution in [0, 0.1) is 5.82 Å². The third kappa shape index (κ3) is 2.88. The number of nitrogens with zero attached hydrogens (tertiary/aromatic N) is 1. The summed E-state index contributed by atoms with van der Waals surface area (Å²) in [6.07, 6.45) is 4.37. The Kier molecular flexibility index (Phi) is 4.40. The first-order chi connectivity index (χ1) is 9.15. The van der Waals surface area contributed by atoms with Gasteiger partial charge in [-0.3, -0.25) is 4.79 Å². The third-order valence-corrected chi connectivity index (χ3v) is 3.81. The molecule has 0 bridgehead atoms. The number of rotatable bonds is 2. The number of halogens is 1. The van der Waals surface area contributed by atoms with Crippen LogP contribution < -0.4 is 5.32 Å². The quantitative estimate of drug-likeness (QED) is 0.889. The monoisotopic (exact) mass is 264 g/mol. The van der Waals surface area contributed by atoms with Crippen LogP contribution in [0.1, 0.15) is 43.0 Å². The Bertz CT molecular complexity index is 461. The van der Waals surface area contributed by atoms with Gasteiger partial charge >= 0.3 is 0 Å². The number of likely N-dealkylation sites (tertiary alicyclic amines) is 1. The molecule has 19 heavy (non-hydrogen) atoms. The number of hydrogen-bond acceptors (Lipinski definition) is 2. The number of nitrogens with one attached hydrogen (secondary N) is 1. The van der Waals surface area contributed by atoms with E-state index in [1.807, 2.05) is 4.90 Å². The zero-order valence-corrected chi connectivity index (χ0v) is 11.6. The van der Waals surface area contributed by atoms with Gasteiger partial charge in [-0.25, -0.2) is 4.39 Å². The predicted octanol–water partition coefficient (Wildman–Crippen LogP) is 3.27. The molecule has 3 nitrogen and oxygen atoms in total. The summed E-state index contributed by atoms with van der Waals surface area (Å²) in [4.78, 5) is 14.5. The molecule has 4 heteroatoms. The fourth-order valence-electron chi connectivity index (χ4n) is 2.69. The average molecular weight is 264 g/mol. The molecule has 1 N–H and O–H groups in total. The number of benzene rings is 1. The highest BCUT2D eigenvalue weighted by molar-refractivity contribution is 5.99. The van der Waals surface area contributed by atoms with Gasteiger partial charge in [-0.2, -0.15) is 0 Å². The summed E-state index contributed by atoms with van der Waals surface area (Å²) in [5.74, 6) is -0.450. The second-order valence-corrected chi connectivity index (χ2v) is 5.11. The molecular weight excluding hydrogens is 243 g/mol. The molecule has 1 aromatic carbocycles. The van der Waals surface area contributed by atoms with Gasteiger partial charge in [0.15, 0.2) is 0 Å². The maximum absolute atomic E-state index is 13.7. The minimum absolute atomic E-state index is 0.0711. The topological polar surface area (TPSA) is 32.3 Å². The van der Waals surface area contributed by atoms with Gasteiger partial charge in [0.25, 0.3) is 5.91 Å². The van der Waals surface area contributed by atoms with E-state index >= 15 is 0 Å². The maximum atomic E-state index is 13.7. The van der Waals surface area contributed by atoms with Crippen LogP contribution in [0.2, 0.25) is 0 Å². The lowest BCUT2D eigenvalue weighted by molar-refractivity contribution is 0.0698. The van der Waals surface area contributed by atoms with E-state index in [4.69, 9.17) is 0 Å². The van der Waals surface area contributed by atoms with E-state index in [-0.39, 0.29) is 17.8 Å². The van der Waals surface area contributed by atoms with Gasteiger partial charge in [0.1, 0.15) is 5.82 Å². The number of carbonyl (C=O) groups excluding carboxylic acids is 1. The highest BCUT2D eigenvalue weighted by atomic mass is 19.1. The lowest BCUT2D eigenvalue weighted by atomic mass is 10.1. The normalized spacial score (nSPS) is 19.9. The Balaban J connectivity index is 2.30. The van der Waals surface area contributed by atoms with E-state index in [1.165, 1.54) is 6.07 Å². The number of anilines is 1. The lowest BCUT2D eigenvalue weighted by Gasteiger charge is -2.28. The first-order valence-corrected chi connectivity index (χ1v) is 6.92. The summed E-state index contributed by atoms with van der Waals surface area (Å²) in [6.45, 7) is 2.83. The second-order valence-electron chi connectivity index (χ2n) is 5.11. The van der Waals surface area contributed by atoms with Crippen molar-refractivity contribution in [2.24, 2.45) is 0 Å². The second kappa shape index (κ2) is 6.04. The van der Waals surface area contributed by atoms with Gasteiger partial charge in [0.05, 0.1) is 11.3 Å². The molecule has 0 aliphatic carbocycles. The predicted molar refractivity (Wildman–Crippen MR) is 74.9 cm³/mol.